The minimum absolute atomic E-state index is 0.293. The number of nitrogens with one attached hydrogen (secondary N) is 1. The van der Waals surface area contributed by atoms with Crippen LogP contribution in [-0.2, 0) is 13.1 Å². The van der Waals surface area contributed by atoms with E-state index in [9.17, 15) is 4.79 Å². The van der Waals surface area contributed by atoms with Gasteiger partial charge in [-0.05, 0) is 17.2 Å². The highest BCUT2D eigenvalue weighted by Gasteiger charge is 2.24. The van der Waals surface area contributed by atoms with Gasteiger partial charge in [0.05, 0.1) is 19.0 Å². The van der Waals surface area contributed by atoms with Crippen LogP contribution in [0.1, 0.15) is 21.5 Å². The number of carbonyl (C=O) groups excluding carboxylic acids is 1. The summed E-state index contributed by atoms with van der Waals surface area (Å²) in [6.07, 6.45) is 3.07. The molecule has 3 N–H and O–H groups in total. The highest BCUT2D eigenvalue weighted by Crippen LogP contribution is 2.30. The van der Waals surface area contributed by atoms with Crippen LogP contribution in [0.3, 0.4) is 0 Å². The van der Waals surface area contributed by atoms with Gasteiger partial charge < -0.3 is 20.7 Å². The first kappa shape index (κ1) is 16.8. The van der Waals surface area contributed by atoms with Crippen LogP contribution < -0.4 is 20.7 Å². The third kappa shape index (κ3) is 3.37. The van der Waals surface area contributed by atoms with E-state index >= 15 is 0 Å². The van der Waals surface area contributed by atoms with Gasteiger partial charge in [0, 0.05) is 25.4 Å². The van der Waals surface area contributed by atoms with Gasteiger partial charge in [-0.2, -0.15) is 4.98 Å². The summed E-state index contributed by atoms with van der Waals surface area (Å²) in [6.45, 7) is 1.33. The van der Waals surface area contributed by atoms with E-state index < -0.39 is 5.91 Å². The molecule has 1 aliphatic heterocycles. The van der Waals surface area contributed by atoms with E-state index in [0.29, 0.717) is 42.0 Å². The zero-order valence-electron chi connectivity index (χ0n) is 14.7. The maximum absolute atomic E-state index is 11.9. The number of amides is 1. The topological polar surface area (TPSA) is 106 Å². The summed E-state index contributed by atoms with van der Waals surface area (Å²) < 4.78 is 5.05. The smallest absolute Gasteiger partial charge is 0.254 e. The van der Waals surface area contributed by atoms with E-state index in [2.05, 4.69) is 32.4 Å². The van der Waals surface area contributed by atoms with E-state index in [-0.39, 0.29) is 0 Å². The predicted octanol–water partition coefficient (Wildman–Crippen LogP) is 2.24. The van der Waals surface area contributed by atoms with Crippen molar-refractivity contribution >= 4 is 23.4 Å². The van der Waals surface area contributed by atoms with Crippen LogP contribution in [0.5, 0.6) is 5.88 Å². The molecule has 136 valence electrons. The maximum atomic E-state index is 11.9. The lowest BCUT2D eigenvalue weighted by Gasteiger charge is -2.19. The van der Waals surface area contributed by atoms with Crippen molar-refractivity contribution in [1.82, 2.24) is 15.0 Å². The average Bonchev–Trinajstić information content (AvgIpc) is 3.12. The first-order valence-electron chi connectivity index (χ1n) is 8.39. The number of carbonyl (C=O) groups is 1. The van der Waals surface area contributed by atoms with Crippen molar-refractivity contribution in [2.45, 2.75) is 13.1 Å². The van der Waals surface area contributed by atoms with Crippen LogP contribution >= 0.6 is 0 Å². The standard InChI is InChI=1S/C19H18N6O2/c1-27-16-7-6-14(8-21-16)23-19-22-9-15(17(20)26)18(24-19)25-10-12-4-2-3-5-13(12)11-25/h2-9H,10-11H2,1H3,(H2,20,26)(H,22,23,24). The summed E-state index contributed by atoms with van der Waals surface area (Å²) in [4.78, 5) is 26.8. The van der Waals surface area contributed by atoms with Crippen LogP contribution in [0.25, 0.3) is 0 Å². The van der Waals surface area contributed by atoms with E-state index in [1.165, 1.54) is 17.3 Å². The molecule has 0 atom stereocenters. The average molecular weight is 362 g/mol. The number of benzene rings is 1. The van der Waals surface area contributed by atoms with Gasteiger partial charge >= 0.3 is 0 Å². The van der Waals surface area contributed by atoms with Gasteiger partial charge in [0.2, 0.25) is 11.8 Å². The van der Waals surface area contributed by atoms with Crippen LogP contribution in [0.4, 0.5) is 17.5 Å². The van der Waals surface area contributed by atoms with E-state index in [1.807, 2.05) is 23.1 Å². The number of hydrogen-bond donors (Lipinski definition) is 2. The summed E-state index contributed by atoms with van der Waals surface area (Å²) in [5.74, 6) is 0.829. The Morgan fingerprint density at radius 2 is 1.85 bits per heavy atom. The molecule has 3 heterocycles. The molecule has 0 unspecified atom stereocenters. The molecule has 8 nitrogen and oxygen atoms in total. The molecule has 8 heteroatoms. The lowest BCUT2D eigenvalue weighted by molar-refractivity contribution is 0.1000. The highest BCUT2D eigenvalue weighted by atomic mass is 16.5. The number of ether oxygens (including phenoxy) is 1. The molecule has 0 saturated carbocycles. The molecule has 1 amide bonds. The van der Waals surface area contributed by atoms with Crippen molar-refractivity contribution in [3.63, 3.8) is 0 Å². The van der Waals surface area contributed by atoms with Crippen molar-refractivity contribution < 1.29 is 9.53 Å². The van der Waals surface area contributed by atoms with Crippen LogP contribution in [0, 0.1) is 0 Å². The molecule has 3 aromatic rings. The number of hydrogen-bond acceptors (Lipinski definition) is 7. The maximum Gasteiger partial charge on any atom is 0.254 e. The Morgan fingerprint density at radius 1 is 1.11 bits per heavy atom. The molecule has 1 aromatic carbocycles. The second kappa shape index (κ2) is 6.91. The van der Waals surface area contributed by atoms with Gasteiger partial charge in [-0.15, -0.1) is 0 Å². The third-order valence-electron chi connectivity index (χ3n) is 4.38. The Morgan fingerprint density at radius 3 is 2.44 bits per heavy atom. The third-order valence-corrected chi connectivity index (χ3v) is 4.38. The zero-order chi connectivity index (χ0) is 18.8. The van der Waals surface area contributed by atoms with Gasteiger partial charge in [0.15, 0.2) is 0 Å². The SMILES string of the molecule is COc1ccc(Nc2ncc(C(N)=O)c(N3Cc4ccccc4C3)n2)cn1. The van der Waals surface area contributed by atoms with Crippen molar-refractivity contribution in [2.24, 2.45) is 5.73 Å². The summed E-state index contributed by atoms with van der Waals surface area (Å²) in [6, 6.07) is 11.7. The van der Waals surface area contributed by atoms with E-state index in [1.54, 1.807) is 19.4 Å². The number of anilines is 3. The van der Waals surface area contributed by atoms with Crippen LogP contribution in [0.15, 0.2) is 48.8 Å². The largest absolute Gasteiger partial charge is 0.481 e. The van der Waals surface area contributed by atoms with Crippen molar-refractivity contribution in [3.8, 4) is 5.88 Å². The molecule has 0 bridgehead atoms. The van der Waals surface area contributed by atoms with Gasteiger partial charge in [-0.25, -0.2) is 9.97 Å². The Kier molecular flexibility index (Phi) is 4.29. The number of primary amides is 1. The van der Waals surface area contributed by atoms with Gasteiger partial charge in [-0.3, -0.25) is 4.79 Å². The number of methoxy groups -OCH3 is 1. The Labute approximate surface area is 156 Å². The number of aromatic nitrogens is 3. The van der Waals surface area contributed by atoms with Gasteiger partial charge in [-0.1, -0.05) is 24.3 Å². The molecule has 2 aromatic heterocycles. The van der Waals surface area contributed by atoms with Crippen molar-refractivity contribution in [3.05, 3.63) is 65.5 Å². The van der Waals surface area contributed by atoms with Gasteiger partial charge in [0.25, 0.3) is 5.91 Å². The second-order valence-corrected chi connectivity index (χ2v) is 6.13. The van der Waals surface area contributed by atoms with Crippen LogP contribution in [-0.4, -0.2) is 28.0 Å². The summed E-state index contributed by atoms with van der Waals surface area (Å²) in [5, 5.41) is 3.09. The Hall–Kier alpha value is -3.68. The molecule has 0 radical (unpaired) electrons. The van der Waals surface area contributed by atoms with E-state index in [0.717, 1.165) is 0 Å². The monoisotopic (exact) mass is 362 g/mol. The first-order valence-corrected chi connectivity index (χ1v) is 8.39. The first-order chi connectivity index (χ1) is 13.1. The zero-order valence-corrected chi connectivity index (χ0v) is 14.7. The summed E-state index contributed by atoms with van der Waals surface area (Å²) in [7, 11) is 1.56. The number of pyridine rings is 1. The summed E-state index contributed by atoms with van der Waals surface area (Å²) in [5.41, 5.74) is 8.95. The molecule has 0 fully saturated rings. The van der Waals surface area contributed by atoms with Crippen molar-refractivity contribution in [1.29, 1.82) is 0 Å². The lowest BCUT2D eigenvalue weighted by atomic mass is 10.1. The number of fused-ring (bicyclic) bond motifs is 1. The van der Waals surface area contributed by atoms with Crippen molar-refractivity contribution in [2.75, 3.05) is 17.3 Å². The number of nitrogens with two attached hydrogens (primary N) is 1. The minimum Gasteiger partial charge on any atom is -0.481 e. The normalized spacial score (nSPS) is 12.6. The molecule has 1 aliphatic rings. The number of nitrogens with zero attached hydrogens (tertiary/aromatic N) is 4. The highest BCUT2D eigenvalue weighted by molar-refractivity contribution is 5.97. The summed E-state index contributed by atoms with van der Waals surface area (Å²) >= 11 is 0. The molecule has 4 rings (SSSR count). The molecule has 0 aliphatic carbocycles. The second-order valence-electron chi connectivity index (χ2n) is 6.13. The molecule has 0 spiro atoms. The lowest BCUT2D eigenvalue weighted by Crippen LogP contribution is -2.23. The van der Waals surface area contributed by atoms with Gasteiger partial charge in [0.1, 0.15) is 11.4 Å². The van der Waals surface area contributed by atoms with E-state index in [4.69, 9.17) is 10.5 Å². The predicted molar refractivity (Wildman–Crippen MR) is 101 cm³/mol. The molecular weight excluding hydrogens is 344 g/mol. The fraction of sp³-hybridized carbons (Fsp3) is 0.158. The Bertz CT molecular complexity index is 965. The fourth-order valence-electron chi connectivity index (χ4n) is 3.03. The number of rotatable bonds is 5. The quantitative estimate of drug-likeness (QED) is 0.717. The Balaban J connectivity index is 1.63. The molecular formula is C19H18N6O2. The molecule has 0 saturated heterocycles. The minimum atomic E-state index is -0.557. The molecule has 27 heavy (non-hydrogen) atoms. The van der Waals surface area contributed by atoms with Crippen LogP contribution in [0.2, 0.25) is 0 Å². The fourth-order valence-corrected chi connectivity index (χ4v) is 3.03.